The molecule has 0 aliphatic carbocycles. The second-order valence-corrected chi connectivity index (χ2v) is 5.56. The first kappa shape index (κ1) is 17.2. The summed E-state index contributed by atoms with van der Waals surface area (Å²) in [6.45, 7) is 3.44. The van der Waals surface area contributed by atoms with E-state index >= 15 is 0 Å². The molecule has 120 valence electrons. The summed E-state index contributed by atoms with van der Waals surface area (Å²) in [6, 6.07) is 6.90. The third kappa shape index (κ3) is 3.14. The number of benzene rings is 1. The second kappa shape index (κ2) is 6.95. The topological polar surface area (TPSA) is 85.3 Å². The van der Waals surface area contributed by atoms with Crippen LogP contribution in [0.3, 0.4) is 0 Å². The lowest BCUT2D eigenvalue weighted by Gasteiger charge is -2.27. The maximum absolute atomic E-state index is 12.4. The predicted octanol–water partition coefficient (Wildman–Crippen LogP) is 3.64. The summed E-state index contributed by atoms with van der Waals surface area (Å²) in [4.78, 5) is 12.4. The molecule has 7 heteroatoms. The molecule has 0 radical (unpaired) electrons. The van der Waals surface area contributed by atoms with Crippen molar-refractivity contribution in [2.45, 2.75) is 19.8 Å². The molecular formula is C16H14Cl2N2O3. The molecule has 0 amide bonds. The number of carbonyl (C=O) groups excluding carboxylic acids is 1. The van der Waals surface area contributed by atoms with Gasteiger partial charge in [0.1, 0.15) is 17.4 Å². The molecule has 1 aliphatic rings. The molecule has 1 aromatic carbocycles. The second-order valence-electron chi connectivity index (χ2n) is 4.75. The lowest BCUT2D eigenvalue weighted by atomic mass is 9.83. The Morgan fingerprint density at radius 1 is 1.43 bits per heavy atom. The van der Waals surface area contributed by atoms with Gasteiger partial charge in [-0.1, -0.05) is 29.3 Å². The number of rotatable bonds is 3. The standard InChI is InChI=1S/C16H14Cl2N2O3/c1-3-22-16(21)12-8(2)23-15(20)9(7-19)13(12)14-10(17)5-4-6-11(14)18/h4-6,13H,3,20H2,1-2H3/t13-/m0/s1. The van der Waals surface area contributed by atoms with Gasteiger partial charge in [0.2, 0.25) is 5.88 Å². The molecule has 0 saturated carbocycles. The van der Waals surface area contributed by atoms with Crippen molar-refractivity contribution in [2.75, 3.05) is 6.61 Å². The van der Waals surface area contributed by atoms with Crippen LogP contribution in [0.2, 0.25) is 10.0 Å². The predicted molar refractivity (Wildman–Crippen MR) is 86.4 cm³/mol. The van der Waals surface area contributed by atoms with Crippen LogP contribution in [0, 0.1) is 11.3 Å². The van der Waals surface area contributed by atoms with E-state index in [0.717, 1.165) is 0 Å². The molecule has 0 bridgehead atoms. The van der Waals surface area contributed by atoms with Crippen LogP contribution in [0.5, 0.6) is 0 Å². The van der Waals surface area contributed by atoms with Gasteiger partial charge in [-0.3, -0.25) is 0 Å². The fourth-order valence-corrected chi connectivity index (χ4v) is 3.05. The third-order valence-corrected chi connectivity index (χ3v) is 4.05. The minimum atomic E-state index is -0.839. The van der Waals surface area contributed by atoms with Crippen LogP contribution in [-0.4, -0.2) is 12.6 Å². The molecule has 1 aliphatic heterocycles. The van der Waals surface area contributed by atoms with Crippen molar-refractivity contribution in [3.8, 4) is 6.07 Å². The Balaban J connectivity index is 2.72. The van der Waals surface area contributed by atoms with Crippen molar-refractivity contribution >= 4 is 29.2 Å². The van der Waals surface area contributed by atoms with Gasteiger partial charge in [0, 0.05) is 15.6 Å². The van der Waals surface area contributed by atoms with Crippen molar-refractivity contribution in [1.82, 2.24) is 0 Å². The molecule has 5 nitrogen and oxygen atoms in total. The smallest absolute Gasteiger partial charge is 0.338 e. The summed E-state index contributed by atoms with van der Waals surface area (Å²) in [5.74, 6) is -1.28. The minimum Gasteiger partial charge on any atom is -0.463 e. The van der Waals surface area contributed by atoms with Gasteiger partial charge in [0.05, 0.1) is 18.1 Å². The van der Waals surface area contributed by atoms with E-state index in [9.17, 15) is 10.1 Å². The van der Waals surface area contributed by atoms with Gasteiger partial charge in [-0.2, -0.15) is 5.26 Å². The zero-order valence-corrected chi connectivity index (χ0v) is 14.0. The molecule has 0 unspecified atom stereocenters. The van der Waals surface area contributed by atoms with Gasteiger partial charge in [-0.15, -0.1) is 0 Å². The summed E-state index contributed by atoms with van der Waals surface area (Å²) >= 11 is 12.5. The van der Waals surface area contributed by atoms with Crippen molar-refractivity contribution in [3.63, 3.8) is 0 Å². The summed E-state index contributed by atoms with van der Waals surface area (Å²) in [5.41, 5.74) is 6.45. The molecule has 2 N–H and O–H groups in total. The van der Waals surface area contributed by atoms with E-state index in [1.807, 2.05) is 6.07 Å². The van der Waals surface area contributed by atoms with E-state index in [2.05, 4.69) is 0 Å². The molecule has 23 heavy (non-hydrogen) atoms. The van der Waals surface area contributed by atoms with Gasteiger partial charge in [0.25, 0.3) is 0 Å². The van der Waals surface area contributed by atoms with E-state index in [-0.39, 0.29) is 29.4 Å². The number of carbonyl (C=O) groups is 1. The minimum absolute atomic E-state index is 0.0636. The van der Waals surface area contributed by atoms with E-state index in [4.69, 9.17) is 38.4 Å². The molecule has 0 fully saturated rings. The summed E-state index contributed by atoms with van der Waals surface area (Å²) in [7, 11) is 0. The Labute approximate surface area is 143 Å². The Morgan fingerprint density at radius 2 is 2.04 bits per heavy atom. The van der Waals surface area contributed by atoms with Crippen LogP contribution < -0.4 is 5.73 Å². The number of esters is 1. The fraction of sp³-hybridized carbons (Fsp3) is 0.250. The van der Waals surface area contributed by atoms with E-state index in [0.29, 0.717) is 15.6 Å². The summed E-state index contributed by atoms with van der Waals surface area (Å²) in [5, 5.41) is 10.1. The van der Waals surface area contributed by atoms with Gasteiger partial charge < -0.3 is 15.2 Å². The zero-order chi connectivity index (χ0) is 17.1. The average Bonchev–Trinajstić information content (AvgIpc) is 2.47. The SMILES string of the molecule is CCOC(=O)C1=C(C)OC(N)=C(C#N)[C@@H]1c1c(Cl)cccc1Cl. The number of hydrogen-bond donors (Lipinski definition) is 1. The van der Waals surface area contributed by atoms with Crippen molar-refractivity contribution in [1.29, 1.82) is 5.26 Å². The van der Waals surface area contributed by atoms with Crippen LogP contribution in [0.15, 0.2) is 41.0 Å². The largest absolute Gasteiger partial charge is 0.463 e. The van der Waals surface area contributed by atoms with Crippen molar-refractivity contribution in [2.24, 2.45) is 5.73 Å². The highest BCUT2D eigenvalue weighted by atomic mass is 35.5. The van der Waals surface area contributed by atoms with Crippen LogP contribution in [0.25, 0.3) is 0 Å². The number of halogens is 2. The maximum atomic E-state index is 12.4. The van der Waals surface area contributed by atoms with Gasteiger partial charge in [-0.05, 0) is 26.0 Å². The van der Waals surface area contributed by atoms with E-state index < -0.39 is 11.9 Å². The summed E-state index contributed by atoms with van der Waals surface area (Å²) < 4.78 is 10.4. The van der Waals surface area contributed by atoms with Crippen LogP contribution in [0.1, 0.15) is 25.3 Å². The van der Waals surface area contributed by atoms with Crippen LogP contribution >= 0.6 is 23.2 Å². The number of allylic oxidation sites excluding steroid dienone is 2. The van der Waals surface area contributed by atoms with Crippen LogP contribution in [0.4, 0.5) is 0 Å². The highest BCUT2D eigenvalue weighted by molar-refractivity contribution is 6.36. The summed E-state index contributed by atoms with van der Waals surface area (Å²) in [6.07, 6.45) is 0. The lowest BCUT2D eigenvalue weighted by Crippen LogP contribution is -2.26. The molecule has 1 atom stereocenters. The van der Waals surface area contributed by atoms with Gasteiger partial charge in [-0.25, -0.2) is 4.79 Å². The first-order valence-electron chi connectivity index (χ1n) is 6.81. The Bertz CT molecular complexity index is 743. The van der Waals surface area contributed by atoms with E-state index in [1.165, 1.54) is 0 Å². The Kier molecular flexibility index (Phi) is 5.19. The number of ether oxygens (including phenoxy) is 2. The maximum Gasteiger partial charge on any atom is 0.338 e. The fourth-order valence-electron chi connectivity index (χ4n) is 2.43. The molecule has 0 spiro atoms. The van der Waals surface area contributed by atoms with Crippen molar-refractivity contribution in [3.05, 3.63) is 56.6 Å². The van der Waals surface area contributed by atoms with Crippen molar-refractivity contribution < 1.29 is 14.3 Å². The zero-order valence-electron chi connectivity index (χ0n) is 12.5. The number of nitrogens with zero attached hydrogens (tertiary/aromatic N) is 1. The highest BCUT2D eigenvalue weighted by Crippen LogP contribution is 2.44. The first-order chi connectivity index (χ1) is 10.9. The molecule has 1 aromatic rings. The Morgan fingerprint density at radius 3 is 2.57 bits per heavy atom. The highest BCUT2D eigenvalue weighted by Gasteiger charge is 2.38. The van der Waals surface area contributed by atoms with E-state index in [1.54, 1.807) is 32.0 Å². The normalized spacial score (nSPS) is 17.6. The molecule has 0 aromatic heterocycles. The van der Waals surface area contributed by atoms with Gasteiger partial charge >= 0.3 is 5.97 Å². The molecule has 0 saturated heterocycles. The number of nitrogens with two attached hydrogens (primary N) is 1. The number of nitriles is 1. The molecular weight excluding hydrogens is 339 g/mol. The monoisotopic (exact) mass is 352 g/mol. The number of hydrogen-bond acceptors (Lipinski definition) is 5. The van der Waals surface area contributed by atoms with Gasteiger partial charge in [0.15, 0.2) is 0 Å². The third-order valence-electron chi connectivity index (χ3n) is 3.39. The first-order valence-corrected chi connectivity index (χ1v) is 7.57. The average molecular weight is 353 g/mol. The lowest BCUT2D eigenvalue weighted by molar-refractivity contribution is -0.139. The Hall–Kier alpha value is -2.16. The molecule has 1 heterocycles. The molecule has 2 rings (SSSR count). The van der Waals surface area contributed by atoms with Crippen LogP contribution in [-0.2, 0) is 14.3 Å². The quantitative estimate of drug-likeness (QED) is 0.839.